The normalized spacial score (nSPS) is 22.2. The molecular formula is C17H26N2O. The molecule has 1 aromatic carbocycles. The molecule has 0 aliphatic carbocycles. The molecule has 20 heavy (non-hydrogen) atoms. The Balaban J connectivity index is 1.98. The summed E-state index contributed by atoms with van der Waals surface area (Å²) in [6, 6.07) is 8.41. The number of amides is 1. The van der Waals surface area contributed by atoms with E-state index in [-0.39, 0.29) is 11.3 Å². The van der Waals surface area contributed by atoms with Gasteiger partial charge in [-0.15, -0.1) is 0 Å². The van der Waals surface area contributed by atoms with Gasteiger partial charge in [-0.1, -0.05) is 38.1 Å². The zero-order valence-electron chi connectivity index (χ0n) is 12.8. The first-order valence-corrected chi connectivity index (χ1v) is 7.57. The van der Waals surface area contributed by atoms with Gasteiger partial charge >= 0.3 is 0 Å². The van der Waals surface area contributed by atoms with Crippen LogP contribution in [0.15, 0.2) is 24.3 Å². The monoisotopic (exact) mass is 274 g/mol. The maximum atomic E-state index is 12.3. The Morgan fingerprint density at radius 2 is 2.05 bits per heavy atom. The van der Waals surface area contributed by atoms with Crippen molar-refractivity contribution in [3.63, 3.8) is 0 Å². The van der Waals surface area contributed by atoms with E-state index in [1.54, 1.807) is 0 Å². The topological polar surface area (TPSA) is 41.1 Å². The van der Waals surface area contributed by atoms with Crippen molar-refractivity contribution >= 4 is 5.91 Å². The van der Waals surface area contributed by atoms with E-state index in [0.717, 1.165) is 25.9 Å². The van der Waals surface area contributed by atoms with Gasteiger partial charge in [0.1, 0.15) is 0 Å². The van der Waals surface area contributed by atoms with E-state index in [4.69, 9.17) is 0 Å². The first-order valence-electron chi connectivity index (χ1n) is 7.57. The molecule has 1 aromatic rings. The Hall–Kier alpha value is -1.35. The highest BCUT2D eigenvalue weighted by Gasteiger charge is 2.35. The highest BCUT2D eigenvalue weighted by Crippen LogP contribution is 2.24. The van der Waals surface area contributed by atoms with Gasteiger partial charge in [-0.2, -0.15) is 0 Å². The number of hydrogen-bond acceptors (Lipinski definition) is 2. The van der Waals surface area contributed by atoms with E-state index < -0.39 is 0 Å². The number of benzene rings is 1. The molecule has 0 radical (unpaired) electrons. The van der Waals surface area contributed by atoms with Crippen LogP contribution in [0.5, 0.6) is 0 Å². The van der Waals surface area contributed by atoms with Crippen LogP contribution in [0.4, 0.5) is 0 Å². The lowest BCUT2D eigenvalue weighted by Crippen LogP contribution is -2.40. The Morgan fingerprint density at radius 1 is 1.35 bits per heavy atom. The van der Waals surface area contributed by atoms with Gasteiger partial charge in [0.2, 0.25) is 5.91 Å². The van der Waals surface area contributed by atoms with E-state index in [1.807, 2.05) is 13.0 Å². The minimum atomic E-state index is -0.243. The highest BCUT2D eigenvalue weighted by atomic mass is 16.2. The molecule has 0 aromatic heterocycles. The molecule has 1 aliphatic rings. The zero-order chi connectivity index (χ0) is 14.6. The third-order valence-corrected chi connectivity index (χ3v) is 4.10. The Labute approximate surface area is 122 Å². The molecule has 2 rings (SSSR count). The number of carbonyl (C=O) groups is 1. The summed E-state index contributed by atoms with van der Waals surface area (Å²) in [7, 11) is 0. The fourth-order valence-electron chi connectivity index (χ4n) is 2.77. The Morgan fingerprint density at radius 3 is 2.65 bits per heavy atom. The van der Waals surface area contributed by atoms with E-state index in [0.29, 0.717) is 12.5 Å². The van der Waals surface area contributed by atoms with E-state index >= 15 is 0 Å². The number of hydrogen-bond donors (Lipinski definition) is 2. The molecule has 1 aliphatic heterocycles. The van der Waals surface area contributed by atoms with E-state index in [9.17, 15) is 4.79 Å². The maximum Gasteiger partial charge on any atom is 0.227 e. The van der Waals surface area contributed by atoms with Crippen molar-refractivity contribution in [2.75, 3.05) is 13.1 Å². The molecule has 1 heterocycles. The van der Waals surface area contributed by atoms with Gasteiger partial charge in [0.25, 0.3) is 0 Å². The van der Waals surface area contributed by atoms with Crippen LogP contribution in [0.3, 0.4) is 0 Å². The second-order valence-electron chi connectivity index (χ2n) is 6.54. The fourth-order valence-corrected chi connectivity index (χ4v) is 2.77. The first kappa shape index (κ1) is 15.0. The first-order chi connectivity index (χ1) is 9.51. The van der Waals surface area contributed by atoms with Crippen LogP contribution in [-0.2, 0) is 17.8 Å². The summed E-state index contributed by atoms with van der Waals surface area (Å²) in [5, 5.41) is 6.38. The minimum Gasteiger partial charge on any atom is -0.352 e. The van der Waals surface area contributed by atoms with Crippen LogP contribution in [0.1, 0.15) is 38.3 Å². The molecule has 0 saturated carbocycles. The smallest absolute Gasteiger partial charge is 0.227 e. The SMILES string of the molecule is CC(C)Cc1ccccc1CNC(=O)C1(C)CCNC1. The quantitative estimate of drug-likeness (QED) is 0.866. The van der Waals surface area contributed by atoms with Crippen molar-refractivity contribution in [3.05, 3.63) is 35.4 Å². The van der Waals surface area contributed by atoms with Gasteiger partial charge in [-0.3, -0.25) is 4.79 Å². The van der Waals surface area contributed by atoms with Crippen LogP contribution in [0, 0.1) is 11.3 Å². The van der Waals surface area contributed by atoms with Gasteiger partial charge in [-0.05, 0) is 43.4 Å². The van der Waals surface area contributed by atoms with Gasteiger partial charge in [0.15, 0.2) is 0 Å². The number of carbonyl (C=O) groups excluding carboxylic acids is 1. The molecule has 1 amide bonds. The number of rotatable bonds is 5. The minimum absolute atomic E-state index is 0.168. The summed E-state index contributed by atoms with van der Waals surface area (Å²) in [5.41, 5.74) is 2.34. The molecule has 1 atom stereocenters. The molecule has 2 N–H and O–H groups in total. The Bertz CT molecular complexity index is 462. The van der Waals surface area contributed by atoms with Crippen LogP contribution < -0.4 is 10.6 Å². The van der Waals surface area contributed by atoms with Crippen LogP contribution in [0.25, 0.3) is 0 Å². The summed E-state index contributed by atoms with van der Waals surface area (Å²) in [5.74, 6) is 0.797. The summed E-state index contributed by atoms with van der Waals surface area (Å²) >= 11 is 0. The lowest BCUT2D eigenvalue weighted by molar-refractivity contribution is -0.129. The second-order valence-corrected chi connectivity index (χ2v) is 6.54. The second kappa shape index (κ2) is 6.40. The van der Waals surface area contributed by atoms with Gasteiger partial charge in [0.05, 0.1) is 5.41 Å². The lowest BCUT2D eigenvalue weighted by Gasteiger charge is -2.22. The van der Waals surface area contributed by atoms with Gasteiger partial charge in [0, 0.05) is 13.1 Å². The third-order valence-electron chi connectivity index (χ3n) is 4.10. The highest BCUT2D eigenvalue weighted by molar-refractivity contribution is 5.82. The van der Waals surface area contributed by atoms with E-state index in [2.05, 4.69) is 42.7 Å². The van der Waals surface area contributed by atoms with Crippen LogP contribution >= 0.6 is 0 Å². The molecular weight excluding hydrogens is 248 g/mol. The molecule has 1 unspecified atom stereocenters. The predicted octanol–water partition coefficient (Wildman–Crippen LogP) is 2.50. The van der Waals surface area contributed by atoms with Crippen molar-refractivity contribution < 1.29 is 4.79 Å². The Kier molecular flexibility index (Phi) is 4.81. The van der Waals surface area contributed by atoms with Crippen molar-refractivity contribution in [2.45, 2.75) is 40.2 Å². The molecule has 3 heteroatoms. The van der Waals surface area contributed by atoms with Gasteiger partial charge in [-0.25, -0.2) is 0 Å². The largest absolute Gasteiger partial charge is 0.352 e. The lowest BCUT2D eigenvalue weighted by atomic mass is 9.88. The molecule has 1 saturated heterocycles. The summed E-state index contributed by atoms with van der Waals surface area (Å²) in [4.78, 5) is 12.3. The molecule has 3 nitrogen and oxygen atoms in total. The maximum absolute atomic E-state index is 12.3. The molecule has 110 valence electrons. The third kappa shape index (κ3) is 3.60. The standard InChI is InChI=1S/C17H26N2O/c1-13(2)10-14-6-4-5-7-15(14)11-19-16(20)17(3)8-9-18-12-17/h4-7,13,18H,8-12H2,1-3H3,(H,19,20). The summed E-state index contributed by atoms with van der Waals surface area (Å²) in [6.45, 7) is 8.85. The fraction of sp³-hybridized carbons (Fsp3) is 0.588. The molecule has 0 spiro atoms. The van der Waals surface area contributed by atoms with Crippen molar-refractivity contribution in [1.29, 1.82) is 0 Å². The number of nitrogens with one attached hydrogen (secondary N) is 2. The summed E-state index contributed by atoms with van der Waals surface area (Å²) in [6.07, 6.45) is 1.98. The zero-order valence-corrected chi connectivity index (χ0v) is 12.8. The van der Waals surface area contributed by atoms with Crippen LogP contribution in [0.2, 0.25) is 0 Å². The van der Waals surface area contributed by atoms with Crippen LogP contribution in [-0.4, -0.2) is 19.0 Å². The molecule has 0 bridgehead atoms. The average molecular weight is 274 g/mol. The van der Waals surface area contributed by atoms with Gasteiger partial charge < -0.3 is 10.6 Å². The summed E-state index contributed by atoms with van der Waals surface area (Å²) < 4.78 is 0. The van der Waals surface area contributed by atoms with Crippen molar-refractivity contribution in [3.8, 4) is 0 Å². The predicted molar refractivity (Wildman–Crippen MR) is 82.4 cm³/mol. The average Bonchev–Trinajstić information content (AvgIpc) is 2.85. The van der Waals surface area contributed by atoms with Crippen molar-refractivity contribution in [1.82, 2.24) is 10.6 Å². The molecule has 1 fully saturated rings. The van der Waals surface area contributed by atoms with Crippen molar-refractivity contribution in [2.24, 2.45) is 11.3 Å². The van der Waals surface area contributed by atoms with E-state index in [1.165, 1.54) is 11.1 Å².